The van der Waals surface area contributed by atoms with Gasteiger partial charge in [0.1, 0.15) is 0 Å². The molecule has 0 bridgehead atoms. The van der Waals surface area contributed by atoms with Crippen LogP contribution in [-0.4, -0.2) is 11.5 Å². The lowest BCUT2D eigenvalue weighted by Gasteiger charge is -2.29. The minimum Gasteiger partial charge on any atom is -0.396 e. The number of hydrazine groups is 1. The molecule has 1 heterocycles. The molecule has 0 unspecified atom stereocenters. The van der Waals surface area contributed by atoms with E-state index < -0.39 is 5.95 Å². The fourth-order valence-corrected chi connectivity index (χ4v) is 2.79. The first-order valence-electron chi connectivity index (χ1n) is 6.91. The van der Waals surface area contributed by atoms with Gasteiger partial charge in [-0.2, -0.15) is 4.39 Å². The average Bonchev–Trinajstić information content (AvgIpc) is 2.39. The molecule has 118 valence electrons. The van der Waals surface area contributed by atoms with Gasteiger partial charge in [-0.15, -0.1) is 0 Å². The van der Waals surface area contributed by atoms with Crippen LogP contribution >= 0.6 is 15.9 Å². The molecule has 2 rings (SSSR count). The lowest BCUT2D eigenvalue weighted by atomic mass is 9.96. The van der Waals surface area contributed by atoms with Crippen molar-refractivity contribution in [3.63, 3.8) is 0 Å². The first-order valence-corrected chi connectivity index (χ1v) is 7.70. The van der Waals surface area contributed by atoms with Crippen molar-refractivity contribution in [2.45, 2.75) is 20.8 Å². The van der Waals surface area contributed by atoms with Crippen LogP contribution in [-0.2, 0) is 0 Å². The molecule has 0 radical (unpaired) electrons. The van der Waals surface area contributed by atoms with E-state index in [9.17, 15) is 4.39 Å². The monoisotopic (exact) mass is 366 g/mol. The average molecular weight is 367 g/mol. The van der Waals surface area contributed by atoms with Crippen molar-refractivity contribution >= 4 is 27.3 Å². The minimum atomic E-state index is -0.528. The van der Waals surface area contributed by atoms with Gasteiger partial charge in [-0.05, 0) is 44.6 Å². The second kappa shape index (κ2) is 6.22. The van der Waals surface area contributed by atoms with Crippen molar-refractivity contribution in [1.82, 2.24) is 4.98 Å². The van der Waals surface area contributed by atoms with E-state index in [1.165, 1.54) is 12.3 Å². The molecule has 1 aromatic carbocycles. The van der Waals surface area contributed by atoms with Crippen molar-refractivity contribution in [2.75, 3.05) is 17.3 Å². The normalized spacial score (nSPS) is 11.5. The summed E-state index contributed by atoms with van der Waals surface area (Å²) in [5.41, 5.74) is 9.01. The molecule has 4 nitrogen and oxygen atoms in total. The number of nitrogen functional groups attached to an aromatic ring is 1. The maximum Gasteiger partial charge on any atom is 0.213 e. The molecule has 6 heteroatoms. The van der Waals surface area contributed by atoms with Gasteiger partial charge in [0.05, 0.1) is 15.8 Å². The van der Waals surface area contributed by atoms with E-state index in [2.05, 4.69) is 41.7 Å². The van der Waals surface area contributed by atoms with Gasteiger partial charge in [0.15, 0.2) is 0 Å². The van der Waals surface area contributed by atoms with Crippen LogP contribution in [0.4, 0.5) is 15.8 Å². The van der Waals surface area contributed by atoms with Gasteiger partial charge < -0.3 is 10.7 Å². The first-order chi connectivity index (χ1) is 10.2. The maximum atomic E-state index is 13.3. The Hall–Kier alpha value is -1.66. The Morgan fingerprint density at radius 1 is 1.27 bits per heavy atom. The Balaban J connectivity index is 2.41. The highest BCUT2D eigenvalue weighted by Crippen LogP contribution is 2.38. The number of nitrogens with two attached hydrogens (primary N) is 2. The summed E-state index contributed by atoms with van der Waals surface area (Å²) in [4.78, 5) is 3.56. The quantitative estimate of drug-likeness (QED) is 0.373. The number of hydrogen-bond donors (Lipinski definition) is 2. The summed E-state index contributed by atoms with van der Waals surface area (Å²) in [6, 6.07) is 6.82. The summed E-state index contributed by atoms with van der Waals surface area (Å²) in [5.74, 6) is 5.60. The number of nitrogens with zero attached hydrogens (tertiary/aromatic N) is 2. The van der Waals surface area contributed by atoms with Crippen molar-refractivity contribution in [3.05, 3.63) is 40.9 Å². The highest BCUT2D eigenvalue weighted by Gasteiger charge is 2.18. The Labute approximate surface area is 138 Å². The smallest absolute Gasteiger partial charge is 0.213 e. The zero-order chi connectivity index (χ0) is 16.5. The molecule has 0 atom stereocenters. The third-order valence-corrected chi connectivity index (χ3v) is 4.00. The van der Waals surface area contributed by atoms with E-state index in [4.69, 9.17) is 11.6 Å². The van der Waals surface area contributed by atoms with Crippen LogP contribution in [0, 0.1) is 11.4 Å². The van der Waals surface area contributed by atoms with Crippen LogP contribution in [0.2, 0.25) is 0 Å². The van der Waals surface area contributed by atoms with Crippen LogP contribution in [0.3, 0.4) is 0 Å². The van der Waals surface area contributed by atoms with Gasteiger partial charge in [-0.25, -0.2) is 10.8 Å². The Morgan fingerprint density at radius 2 is 1.95 bits per heavy atom. The number of aromatic nitrogens is 1. The zero-order valence-electron chi connectivity index (χ0n) is 12.9. The fourth-order valence-electron chi connectivity index (χ4n) is 2.22. The number of hydrogen-bond acceptors (Lipinski definition) is 4. The molecule has 0 aliphatic rings. The SMILES string of the molecule is CC(C)(C)CN(N)c1ccc(-c2ccnc(F)c2)c(Br)c1N. The van der Waals surface area contributed by atoms with Gasteiger partial charge in [-0.3, -0.25) is 0 Å². The summed E-state index contributed by atoms with van der Waals surface area (Å²) in [6.07, 6.45) is 1.43. The summed E-state index contributed by atoms with van der Waals surface area (Å²) >= 11 is 3.49. The molecule has 0 fully saturated rings. The predicted octanol–water partition coefficient (Wildman–Crippen LogP) is 3.96. The number of anilines is 2. The van der Waals surface area contributed by atoms with Crippen molar-refractivity contribution in [1.29, 1.82) is 0 Å². The highest BCUT2D eigenvalue weighted by molar-refractivity contribution is 9.10. The molecule has 0 spiro atoms. The summed E-state index contributed by atoms with van der Waals surface area (Å²) < 4.78 is 14.0. The van der Waals surface area contributed by atoms with Gasteiger partial charge in [0, 0.05) is 18.8 Å². The van der Waals surface area contributed by atoms with Gasteiger partial charge in [-0.1, -0.05) is 26.8 Å². The molecule has 1 aromatic heterocycles. The summed E-state index contributed by atoms with van der Waals surface area (Å²) in [6.45, 7) is 6.97. The second-order valence-electron chi connectivity index (χ2n) is 6.42. The van der Waals surface area contributed by atoms with Crippen LogP contribution in [0.1, 0.15) is 20.8 Å². The lowest BCUT2D eigenvalue weighted by molar-refractivity contribution is 0.412. The molecular formula is C16H20BrFN4. The van der Waals surface area contributed by atoms with Crippen molar-refractivity contribution in [3.8, 4) is 11.1 Å². The predicted molar refractivity (Wildman–Crippen MR) is 92.7 cm³/mol. The zero-order valence-corrected chi connectivity index (χ0v) is 14.5. The number of benzene rings is 1. The Bertz CT molecular complexity index is 682. The van der Waals surface area contributed by atoms with E-state index in [1.54, 1.807) is 11.1 Å². The van der Waals surface area contributed by atoms with Gasteiger partial charge >= 0.3 is 0 Å². The molecule has 2 aromatic rings. The lowest BCUT2D eigenvalue weighted by Crippen LogP contribution is -2.38. The van der Waals surface area contributed by atoms with Gasteiger partial charge in [0.2, 0.25) is 5.95 Å². The molecule has 0 saturated carbocycles. The van der Waals surface area contributed by atoms with Crippen molar-refractivity contribution in [2.24, 2.45) is 11.3 Å². The van der Waals surface area contributed by atoms with Crippen LogP contribution in [0.15, 0.2) is 34.9 Å². The molecule has 4 N–H and O–H groups in total. The molecule has 0 aliphatic carbocycles. The number of rotatable bonds is 3. The number of pyridine rings is 1. The van der Waals surface area contributed by atoms with E-state index in [1.807, 2.05) is 12.1 Å². The summed E-state index contributed by atoms with van der Waals surface area (Å²) in [7, 11) is 0. The number of halogens is 2. The second-order valence-corrected chi connectivity index (χ2v) is 7.21. The van der Waals surface area contributed by atoms with Crippen LogP contribution in [0.25, 0.3) is 11.1 Å². The van der Waals surface area contributed by atoms with Crippen LogP contribution < -0.4 is 16.6 Å². The third kappa shape index (κ3) is 3.75. The van der Waals surface area contributed by atoms with Crippen LogP contribution in [0.5, 0.6) is 0 Å². The standard InChI is InChI=1S/C16H20BrFN4/c1-16(2,3)9-22(20)12-5-4-11(14(17)15(12)19)10-6-7-21-13(18)8-10/h4-8H,9,19-20H2,1-3H3. The van der Waals surface area contributed by atoms with E-state index in [-0.39, 0.29) is 5.41 Å². The fraction of sp³-hybridized carbons (Fsp3) is 0.312. The first kappa shape index (κ1) is 16.7. The Kier molecular flexibility index (Phi) is 4.72. The molecule has 0 aliphatic heterocycles. The highest BCUT2D eigenvalue weighted by atomic mass is 79.9. The third-order valence-electron chi connectivity index (χ3n) is 3.15. The van der Waals surface area contributed by atoms with E-state index in [0.29, 0.717) is 22.3 Å². The molecular weight excluding hydrogens is 347 g/mol. The minimum absolute atomic E-state index is 0.0422. The maximum absolute atomic E-state index is 13.3. The van der Waals surface area contributed by atoms with E-state index in [0.717, 1.165) is 11.3 Å². The summed E-state index contributed by atoms with van der Waals surface area (Å²) in [5, 5.41) is 1.64. The largest absolute Gasteiger partial charge is 0.396 e. The van der Waals surface area contributed by atoms with E-state index >= 15 is 0 Å². The topological polar surface area (TPSA) is 68.2 Å². The molecule has 0 saturated heterocycles. The Morgan fingerprint density at radius 3 is 2.55 bits per heavy atom. The molecule has 0 amide bonds. The molecule has 22 heavy (non-hydrogen) atoms. The van der Waals surface area contributed by atoms with Crippen molar-refractivity contribution < 1.29 is 4.39 Å². The van der Waals surface area contributed by atoms with Gasteiger partial charge in [0.25, 0.3) is 0 Å².